The van der Waals surface area contributed by atoms with Gasteiger partial charge in [0.1, 0.15) is 11.9 Å². The molecule has 0 saturated heterocycles. The molecule has 1 aromatic carbocycles. The molecule has 0 N–H and O–H groups in total. The Labute approximate surface area is 127 Å². The van der Waals surface area contributed by atoms with Crippen LogP contribution in [0.4, 0.5) is 0 Å². The van der Waals surface area contributed by atoms with Crippen molar-refractivity contribution in [3.8, 4) is 0 Å². The van der Waals surface area contributed by atoms with Crippen molar-refractivity contribution < 1.29 is 9.15 Å². The van der Waals surface area contributed by atoms with E-state index in [1.165, 1.54) is 24.3 Å². The molecular weight excluding hydrogens is 278 g/mol. The Morgan fingerprint density at radius 3 is 2.91 bits per heavy atom. The molecule has 2 unspecified atom stereocenters. The second-order valence-electron chi connectivity index (χ2n) is 5.64. The monoisotopic (exact) mass is 293 g/mol. The van der Waals surface area contributed by atoms with Crippen LogP contribution in [-0.2, 0) is 17.6 Å². The maximum atomic E-state index is 12.2. The van der Waals surface area contributed by atoms with Crippen LogP contribution >= 0.6 is 0 Å². The quantitative estimate of drug-likeness (QED) is 0.855. The lowest BCUT2D eigenvalue weighted by Gasteiger charge is -2.33. The van der Waals surface area contributed by atoms with Gasteiger partial charge in [-0.15, -0.1) is 0 Å². The van der Waals surface area contributed by atoms with E-state index in [2.05, 4.69) is 17.1 Å². The molecular formula is C18H15NO3. The highest BCUT2D eigenvalue weighted by Crippen LogP contribution is 2.37. The maximum absolute atomic E-state index is 12.2. The molecule has 0 bridgehead atoms. The van der Waals surface area contributed by atoms with E-state index in [0.717, 1.165) is 17.6 Å². The minimum atomic E-state index is -0.115. The van der Waals surface area contributed by atoms with Gasteiger partial charge in [-0.1, -0.05) is 30.3 Å². The van der Waals surface area contributed by atoms with E-state index in [-0.39, 0.29) is 17.5 Å². The molecule has 2 heterocycles. The summed E-state index contributed by atoms with van der Waals surface area (Å²) in [4.78, 5) is 16.2. The van der Waals surface area contributed by atoms with Crippen LogP contribution in [-0.4, -0.2) is 12.5 Å². The molecule has 0 spiro atoms. The SMILES string of the molecule is O=c1ccoc2c1CC(Cc1ccccc1)C1OC=NC=C21. The molecule has 0 saturated carbocycles. The fraction of sp³-hybridized carbons (Fsp3) is 0.222. The highest BCUT2D eigenvalue weighted by atomic mass is 16.5. The normalized spacial score (nSPS) is 22.3. The Balaban J connectivity index is 1.76. The number of rotatable bonds is 2. The van der Waals surface area contributed by atoms with Crippen LogP contribution in [0.15, 0.2) is 63.1 Å². The van der Waals surface area contributed by atoms with Gasteiger partial charge in [0.25, 0.3) is 0 Å². The molecule has 1 aliphatic heterocycles. The minimum absolute atomic E-state index is 0.0215. The Hall–Kier alpha value is -2.62. The summed E-state index contributed by atoms with van der Waals surface area (Å²) in [5.74, 6) is 0.817. The number of hydrogen-bond acceptors (Lipinski definition) is 4. The van der Waals surface area contributed by atoms with E-state index in [1.54, 1.807) is 6.20 Å². The fourth-order valence-electron chi connectivity index (χ4n) is 3.26. The van der Waals surface area contributed by atoms with Gasteiger partial charge >= 0.3 is 0 Å². The van der Waals surface area contributed by atoms with Gasteiger partial charge in [-0.05, 0) is 18.4 Å². The second kappa shape index (κ2) is 5.30. The lowest BCUT2D eigenvalue weighted by molar-refractivity contribution is 0.169. The molecule has 1 aromatic heterocycles. The van der Waals surface area contributed by atoms with Crippen LogP contribution in [0.1, 0.15) is 16.9 Å². The van der Waals surface area contributed by atoms with Gasteiger partial charge in [0.15, 0.2) is 11.8 Å². The number of ether oxygens (including phenoxy) is 1. The summed E-state index contributed by atoms with van der Waals surface area (Å²) in [6.07, 6.45) is 6.05. The van der Waals surface area contributed by atoms with Crippen molar-refractivity contribution in [2.75, 3.05) is 0 Å². The zero-order valence-electron chi connectivity index (χ0n) is 11.9. The van der Waals surface area contributed by atoms with Crippen LogP contribution in [0.3, 0.4) is 0 Å². The summed E-state index contributed by atoms with van der Waals surface area (Å²) in [6, 6.07) is 11.7. The van der Waals surface area contributed by atoms with Crippen molar-refractivity contribution in [1.82, 2.24) is 0 Å². The van der Waals surface area contributed by atoms with Gasteiger partial charge < -0.3 is 9.15 Å². The third-order valence-corrected chi connectivity index (χ3v) is 4.26. The highest BCUT2D eigenvalue weighted by Gasteiger charge is 2.37. The molecule has 22 heavy (non-hydrogen) atoms. The van der Waals surface area contributed by atoms with Crippen molar-refractivity contribution in [1.29, 1.82) is 0 Å². The van der Waals surface area contributed by atoms with Crippen LogP contribution in [0, 0.1) is 5.92 Å². The van der Waals surface area contributed by atoms with E-state index in [4.69, 9.17) is 9.15 Å². The molecule has 2 aliphatic rings. The Morgan fingerprint density at radius 2 is 2.05 bits per heavy atom. The van der Waals surface area contributed by atoms with Gasteiger partial charge in [-0.25, -0.2) is 4.99 Å². The van der Waals surface area contributed by atoms with Gasteiger partial charge in [0, 0.05) is 23.7 Å². The summed E-state index contributed by atoms with van der Waals surface area (Å²) in [6.45, 7) is 0. The molecule has 4 heteroatoms. The molecule has 110 valence electrons. The average Bonchev–Trinajstić information content (AvgIpc) is 2.57. The Kier molecular flexibility index (Phi) is 3.15. The molecule has 2 aromatic rings. The van der Waals surface area contributed by atoms with E-state index in [0.29, 0.717) is 12.2 Å². The Morgan fingerprint density at radius 1 is 1.18 bits per heavy atom. The Bertz CT molecular complexity index is 805. The summed E-state index contributed by atoms with van der Waals surface area (Å²) in [7, 11) is 0. The van der Waals surface area contributed by atoms with Crippen LogP contribution < -0.4 is 5.43 Å². The predicted molar refractivity (Wildman–Crippen MR) is 83.7 cm³/mol. The summed E-state index contributed by atoms with van der Waals surface area (Å²) >= 11 is 0. The zero-order chi connectivity index (χ0) is 14.9. The third-order valence-electron chi connectivity index (χ3n) is 4.26. The third kappa shape index (κ3) is 2.17. The van der Waals surface area contributed by atoms with Gasteiger partial charge in [0.2, 0.25) is 0 Å². The number of nitrogens with zero attached hydrogens (tertiary/aromatic N) is 1. The standard InChI is InChI=1S/C18H15NO3/c20-16-6-7-21-18-14(16)9-13(8-12-4-2-1-3-5-12)17-15(18)10-19-11-22-17/h1-7,10-11,13,17H,8-9H2. The van der Waals surface area contributed by atoms with Gasteiger partial charge in [-0.3, -0.25) is 4.79 Å². The molecule has 0 radical (unpaired) electrons. The number of hydrogen-bond donors (Lipinski definition) is 0. The van der Waals surface area contributed by atoms with Crippen LogP contribution in [0.2, 0.25) is 0 Å². The summed E-state index contributed by atoms with van der Waals surface area (Å²) in [5, 5.41) is 0. The van der Waals surface area contributed by atoms with Crippen LogP contribution in [0.25, 0.3) is 5.57 Å². The van der Waals surface area contributed by atoms with Crippen molar-refractivity contribution in [2.24, 2.45) is 10.9 Å². The molecule has 4 rings (SSSR count). The highest BCUT2D eigenvalue weighted by molar-refractivity contribution is 5.74. The molecule has 0 amide bonds. The molecule has 0 fully saturated rings. The van der Waals surface area contributed by atoms with Gasteiger partial charge in [-0.2, -0.15) is 0 Å². The maximum Gasteiger partial charge on any atom is 0.188 e. The topological polar surface area (TPSA) is 51.8 Å². The lowest BCUT2D eigenvalue weighted by Crippen LogP contribution is -2.36. The predicted octanol–water partition coefficient (Wildman–Crippen LogP) is 2.82. The number of fused-ring (bicyclic) bond motifs is 3. The van der Waals surface area contributed by atoms with Gasteiger partial charge in [0.05, 0.1) is 11.8 Å². The second-order valence-corrected chi connectivity index (χ2v) is 5.64. The smallest absolute Gasteiger partial charge is 0.188 e. The molecule has 4 nitrogen and oxygen atoms in total. The van der Waals surface area contributed by atoms with Crippen molar-refractivity contribution in [3.05, 3.63) is 76.0 Å². The number of aliphatic imine (C=N–C) groups is 1. The average molecular weight is 293 g/mol. The summed E-state index contributed by atoms with van der Waals surface area (Å²) in [5.41, 5.74) is 2.85. The van der Waals surface area contributed by atoms with Crippen molar-refractivity contribution in [3.63, 3.8) is 0 Å². The van der Waals surface area contributed by atoms with E-state index >= 15 is 0 Å². The van der Waals surface area contributed by atoms with E-state index < -0.39 is 0 Å². The number of benzene rings is 1. The largest absolute Gasteiger partial charge is 0.475 e. The first kappa shape index (κ1) is 13.1. The molecule has 1 aliphatic carbocycles. The first-order valence-corrected chi connectivity index (χ1v) is 7.35. The van der Waals surface area contributed by atoms with Crippen LogP contribution in [0.5, 0.6) is 0 Å². The van der Waals surface area contributed by atoms with Crippen molar-refractivity contribution in [2.45, 2.75) is 18.9 Å². The molecule has 2 atom stereocenters. The first-order valence-electron chi connectivity index (χ1n) is 7.35. The lowest BCUT2D eigenvalue weighted by atomic mass is 9.78. The zero-order valence-corrected chi connectivity index (χ0v) is 11.9. The van der Waals surface area contributed by atoms with Crippen molar-refractivity contribution >= 4 is 12.0 Å². The van der Waals surface area contributed by atoms with E-state index in [1.807, 2.05) is 18.2 Å². The summed E-state index contributed by atoms with van der Waals surface area (Å²) < 4.78 is 11.3. The van der Waals surface area contributed by atoms with E-state index in [9.17, 15) is 4.79 Å². The minimum Gasteiger partial charge on any atom is -0.475 e. The fourth-order valence-corrected chi connectivity index (χ4v) is 3.26. The first-order chi connectivity index (χ1) is 10.8.